The summed E-state index contributed by atoms with van der Waals surface area (Å²) >= 11 is 5.84. The van der Waals surface area contributed by atoms with E-state index < -0.39 is 0 Å². The zero-order chi connectivity index (χ0) is 14.3. The molecule has 0 amide bonds. The van der Waals surface area contributed by atoms with Crippen LogP contribution in [0.2, 0.25) is 0 Å². The quantitative estimate of drug-likeness (QED) is 0.555. The first-order chi connectivity index (χ1) is 8.98. The number of alkyl halides is 1. The van der Waals surface area contributed by atoms with E-state index in [1.165, 1.54) is 0 Å². The molecule has 3 nitrogen and oxygen atoms in total. The van der Waals surface area contributed by atoms with Crippen molar-refractivity contribution in [1.29, 1.82) is 5.26 Å². The normalized spacial score (nSPS) is 11.1. The number of hydrogen-bond donors (Lipinski definition) is 0. The summed E-state index contributed by atoms with van der Waals surface area (Å²) in [7, 11) is 0. The summed E-state index contributed by atoms with van der Waals surface area (Å²) in [5, 5.41) is 8.92. The molecule has 0 radical (unpaired) electrons. The van der Waals surface area contributed by atoms with Crippen molar-refractivity contribution in [1.82, 2.24) is 4.98 Å². The number of aryl methyl sites for hydroxylation is 1. The highest BCUT2D eigenvalue weighted by Gasteiger charge is 2.15. The molecule has 0 saturated heterocycles. The van der Waals surface area contributed by atoms with E-state index in [4.69, 9.17) is 21.6 Å². The number of aromatic nitrogens is 1. The lowest BCUT2D eigenvalue weighted by Crippen LogP contribution is -2.08. The second-order valence-electron chi connectivity index (χ2n) is 5.33. The average Bonchev–Trinajstić information content (AvgIpc) is 2.39. The topological polar surface area (TPSA) is 45.9 Å². The second-order valence-corrected chi connectivity index (χ2v) is 5.60. The van der Waals surface area contributed by atoms with Gasteiger partial charge in [-0.05, 0) is 52.2 Å². The Kier molecular flexibility index (Phi) is 6.11. The van der Waals surface area contributed by atoms with Crippen LogP contribution < -0.4 is 4.74 Å². The highest BCUT2D eigenvalue weighted by Crippen LogP contribution is 2.22. The maximum atomic E-state index is 8.92. The van der Waals surface area contributed by atoms with Crippen molar-refractivity contribution in [3.8, 4) is 11.8 Å². The minimum atomic E-state index is -0.243. The summed E-state index contributed by atoms with van der Waals surface area (Å²) in [5.74, 6) is 1.12. The predicted molar refractivity (Wildman–Crippen MR) is 77.3 cm³/mol. The zero-order valence-corrected chi connectivity index (χ0v) is 12.6. The van der Waals surface area contributed by atoms with Crippen molar-refractivity contribution in [3.63, 3.8) is 0 Å². The van der Waals surface area contributed by atoms with Gasteiger partial charge in [-0.2, -0.15) is 5.26 Å². The third-order valence-corrected chi connectivity index (χ3v) is 3.21. The predicted octanol–water partition coefficient (Wildman–Crippen LogP) is 4.23. The Hall–Kier alpha value is -1.27. The molecule has 0 atom stereocenters. The molecule has 1 heterocycles. The van der Waals surface area contributed by atoms with E-state index in [0.29, 0.717) is 12.5 Å². The number of unbranched alkanes of at least 4 members (excludes halogenated alkanes) is 1. The molecule has 1 rings (SSSR count). The molecule has 19 heavy (non-hydrogen) atoms. The first kappa shape index (κ1) is 15.8. The molecule has 0 bridgehead atoms. The summed E-state index contributed by atoms with van der Waals surface area (Å²) < 4.78 is 5.70. The molecule has 0 saturated carbocycles. The molecule has 0 aliphatic heterocycles. The van der Waals surface area contributed by atoms with Gasteiger partial charge in [-0.1, -0.05) is 0 Å². The third kappa shape index (κ3) is 5.48. The van der Waals surface area contributed by atoms with Gasteiger partial charge in [0.2, 0.25) is 0 Å². The van der Waals surface area contributed by atoms with Crippen molar-refractivity contribution in [2.24, 2.45) is 5.41 Å². The van der Waals surface area contributed by atoms with Crippen LogP contribution in [0.1, 0.15) is 44.5 Å². The lowest BCUT2D eigenvalue weighted by Gasteiger charge is -2.15. The summed E-state index contributed by atoms with van der Waals surface area (Å²) in [6, 6.07) is 6.14. The van der Waals surface area contributed by atoms with Crippen molar-refractivity contribution in [3.05, 3.63) is 23.5 Å². The van der Waals surface area contributed by atoms with Gasteiger partial charge in [0.05, 0.1) is 29.7 Å². The van der Waals surface area contributed by atoms with Gasteiger partial charge in [0.15, 0.2) is 0 Å². The van der Waals surface area contributed by atoms with Crippen LogP contribution in [0.15, 0.2) is 12.1 Å². The van der Waals surface area contributed by atoms with Crippen molar-refractivity contribution in [2.45, 2.75) is 45.9 Å². The Morgan fingerprint density at radius 1 is 1.37 bits per heavy atom. The first-order valence-corrected chi connectivity index (χ1v) is 7.08. The van der Waals surface area contributed by atoms with Crippen LogP contribution in [0.25, 0.3) is 0 Å². The van der Waals surface area contributed by atoms with Gasteiger partial charge < -0.3 is 4.74 Å². The van der Waals surface area contributed by atoms with E-state index in [1.54, 1.807) is 0 Å². The van der Waals surface area contributed by atoms with Gasteiger partial charge in [-0.25, -0.2) is 0 Å². The monoisotopic (exact) mass is 280 g/mol. The fourth-order valence-corrected chi connectivity index (χ4v) is 1.92. The van der Waals surface area contributed by atoms with Gasteiger partial charge in [0, 0.05) is 5.69 Å². The number of nitrogens with zero attached hydrogens (tertiary/aromatic N) is 2. The zero-order valence-electron chi connectivity index (χ0n) is 11.9. The van der Waals surface area contributed by atoms with Gasteiger partial charge >= 0.3 is 0 Å². The van der Waals surface area contributed by atoms with E-state index in [-0.39, 0.29) is 5.41 Å². The molecular formula is C15H21ClN2O. The first-order valence-electron chi connectivity index (χ1n) is 6.55. The Morgan fingerprint density at radius 2 is 2.11 bits per heavy atom. The van der Waals surface area contributed by atoms with Gasteiger partial charge in [0.1, 0.15) is 5.75 Å². The molecule has 0 aliphatic rings. The Labute approximate surface area is 120 Å². The van der Waals surface area contributed by atoms with Crippen LogP contribution in [0.3, 0.4) is 0 Å². The van der Waals surface area contributed by atoms with Crippen LogP contribution in [-0.4, -0.2) is 11.6 Å². The fourth-order valence-electron chi connectivity index (χ4n) is 1.73. The van der Waals surface area contributed by atoms with Gasteiger partial charge in [-0.3, -0.25) is 4.98 Å². The number of rotatable bonds is 7. The summed E-state index contributed by atoms with van der Waals surface area (Å²) in [6.07, 6.45) is 2.80. The van der Waals surface area contributed by atoms with E-state index in [1.807, 2.05) is 32.9 Å². The lowest BCUT2D eigenvalue weighted by atomic mass is 9.89. The van der Waals surface area contributed by atoms with Crippen LogP contribution in [0.5, 0.6) is 5.75 Å². The van der Waals surface area contributed by atoms with Crippen LogP contribution in [0, 0.1) is 23.7 Å². The average molecular weight is 281 g/mol. The smallest absolute Gasteiger partial charge is 0.142 e. The van der Waals surface area contributed by atoms with E-state index in [2.05, 4.69) is 11.1 Å². The molecule has 0 aromatic carbocycles. The molecule has 104 valence electrons. The summed E-state index contributed by atoms with van der Waals surface area (Å²) in [4.78, 5) is 4.34. The standard InChI is InChI=1S/C15H21ClN2O/c1-12-6-7-14(13(10-16)18-12)19-9-5-4-8-15(2,3)11-17/h6-7H,4-5,8-10H2,1-3H3. The van der Waals surface area contributed by atoms with Crippen LogP contribution >= 0.6 is 11.6 Å². The van der Waals surface area contributed by atoms with Crippen molar-refractivity contribution >= 4 is 11.6 Å². The molecule has 0 unspecified atom stereocenters. The molecule has 0 aliphatic carbocycles. The molecule has 0 spiro atoms. The van der Waals surface area contributed by atoms with Gasteiger partial charge in [0.25, 0.3) is 0 Å². The molecule has 0 fully saturated rings. The fraction of sp³-hybridized carbons (Fsp3) is 0.600. The highest BCUT2D eigenvalue weighted by molar-refractivity contribution is 6.17. The number of ether oxygens (including phenoxy) is 1. The SMILES string of the molecule is Cc1ccc(OCCCCC(C)(C)C#N)c(CCl)n1. The molecule has 1 aromatic heterocycles. The number of hydrogen-bond acceptors (Lipinski definition) is 3. The number of pyridine rings is 1. The largest absolute Gasteiger partial charge is 0.492 e. The summed E-state index contributed by atoms with van der Waals surface area (Å²) in [5.41, 5.74) is 1.49. The number of nitriles is 1. The van der Waals surface area contributed by atoms with Crippen LogP contribution in [0.4, 0.5) is 0 Å². The minimum Gasteiger partial charge on any atom is -0.492 e. The van der Waals surface area contributed by atoms with Crippen LogP contribution in [-0.2, 0) is 5.88 Å². The Morgan fingerprint density at radius 3 is 2.74 bits per heavy atom. The van der Waals surface area contributed by atoms with E-state index in [0.717, 1.165) is 36.4 Å². The molecular weight excluding hydrogens is 260 g/mol. The van der Waals surface area contributed by atoms with Gasteiger partial charge in [-0.15, -0.1) is 11.6 Å². The maximum Gasteiger partial charge on any atom is 0.142 e. The van der Waals surface area contributed by atoms with E-state index >= 15 is 0 Å². The molecule has 4 heteroatoms. The maximum absolute atomic E-state index is 8.92. The minimum absolute atomic E-state index is 0.243. The second kappa shape index (κ2) is 7.35. The lowest BCUT2D eigenvalue weighted by molar-refractivity contribution is 0.291. The Bertz CT molecular complexity index is 452. The van der Waals surface area contributed by atoms with E-state index in [9.17, 15) is 0 Å². The Balaban J connectivity index is 2.36. The van der Waals surface area contributed by atoms with Crippen molar-refractivity contribution in [2.75, 3.05) is 6.61 Å². The third-order valence-electron chi connectivity index (χ3n) is 2.95. The molecule has 1 aromatic rings. The summed E-state index contributed by atoms with van der Waals surface area (Å²) in [6.45, 7) is 6.49. The number of halogens is 1. The molecule has 0 N–H and O–H groups in total. The highest BCUT2D eigenvalue weighted by atomic mass is 35.5. The van der Waals surface area contributed by atoms with Crippen molar-refractivity contribution < 1.29 is 4.74 Å².